The van der Waals surface area contributed by atoms with Gasteiger partial charge in [-0.3, -0.25) is 14.4 Å². The van der Waals surface area contributed by atoms with Gasteiger partial charge in [-0.15, -0.1) is 0 Å². The van der Waals surface area contributed by atoms with Gasteiger partial charge in [0.15, 0.2) is 0 Å². The molecule has 3 rings (SSSR count). The van der Waals surface area contributed by atoms with Crippen molar-refractivity contribution < 1.29 is 23.9 Å². The van der Waals surface area contributed by atoms with E-state index in [9.17, 15) is 14.4 Å². The van der Waals surface area contributed by atoms with Crippen molar-refractivity contribution in [1.29, 1.82) is 0 Å². The molecule has 0 spiro atoms. The zero-order chi connectivity index (χ0) is 22.6. The molecule has 1 aliphatic rings. The Morgan fingerprint density at radius 3 is 1.97 bits per heavy atom. The molecular weight excluding hydrogens is 394 g/mol. The molecule has 1 saturated heterocycles. The van der Waals surface area contributed by atoms with E-state index in [2.05, 4.69) is 5.32 Å². The van der Waals surface area contributed by atoms with Gasteiger partial charge in [-0.05, 0) is 38.8 Å². The molecule has 1 N–H and O–H groups in total. The molecule has 1 amide bonds. The monoisotopic (exact) mass is 423 g/mol. The summed E-state index contributed by atoms with van der Waals surface area (Å²) in [7, 11) is 0. The smallest absolute Gasteiger partial charge is 0.319 e. The predicted molar refractivity (Wildman–Crippen MR) is 116 cm³/mol. The molecular formula is C25H29NO5. The number of hydrogen-bond donors (Lipinski definition) is 1. The van der Waals surface area contributed by atoms with Crippen molar-refractivity contribution in [2.75, 3.05) is 6.61 Å². The van der Waals surface area contributed by atoms with E-state index in [1.165, 1.54) is 0 Å². The lowest BCUT2D eigenvalue weighted by molar-refractivity contribution is -0.168. The Kier molecular flexibility index (Phi) is 6.78. The van der Waals surface area contributed by atoms with Gasteiger partial charge in [0.25, 0.3) is 0 Å². The average molecular weight is 424 g/mol. The zero-order valence-electron chi connectivity index (χ0n) is 18.3. The number of carbonyl (C=O) groups is 3. The van der Waals surface area contributed by atoms with Gasteiger partial charge in [0.1, 0.15) is 11.5 Å². The van der Waals surface area contributed by atoms with Crippen LogP contribution in [-0.4, -0.2) is 30.1 Å². The van der Waals surface area contributed by atoms with Gasteiger partial charge in [0.2, 0.25) is 5.91 Å². The molecule has 0 radical (unpaired) electrons. The molecule has 0 unspecified atom stereocenters. The van der Waals surface area contributed by atoms with E-state index in [0.29, 0.717) is 5.56 Å². The highest BCUT2D eigenvalue weighted by atomic mass is 16.6. The van der Waals surface area contributed by atoms with Crippen molar-refractivity contribution in [3.8, 4) is 0 Å². The van der Waals surface area contributed by atoms with E-state index in [-0.39, 0.29) is 6.61 Å². The van der Waals surface area contributed by atoms with Crippen LogP contribution >= 0.6 is 0 Å². The Labute approximate surface area is 182 Å². The minimum absolute atomic E-state index is 0.142. The van der Waals surface area contributed by atoms with Crippen LogP contribution in [0.15, 0.2) is 60.7 Å². The van der Waals surface area contributed by atoms with Crippen LogP contribution in [0.5, 0.6) is 0 Å². The predicted octanol–water partition coefficient (Wildman–Crippen LogP) is 3.78. The highest BCUT2D eigenvalue weighted by Gasteiger charge is 2.53. The van der Waals surface area contributed by atoms with Crippen molar-refractivity contribution in [1.82, 2.24) is 5.32 Å². The van der Waals surface area contributed by atoms with Crippen LogP contribution in [0.2, 0.25) is 0 Å². The molecule has 164 valence electrons. The molecule has 2 aromatic carbocycles. The molecule has 0 aliphatic carbocycles. The first kappa shape index (κ1) is 22.5. The first-order valence-corrected chi connectivity index (χ1v) is 10.5. The lowest BCUT2D eigenvalue weighted by Gasteiger charge is -2.42. The molecule has 1 heterocycles. The van der Waals surface area contributed by atoms with Gasteiger partial charge in [-0.1, -0.05) is 60.7 Å². The number of amides is 1. The fourth-order valence-electron chi connectivity index (χ4n) is 4.07. The maximum atomic E-state index is 13.5. The van der Waals surface area contributed by atoms with E-state index >= 15 is 0 Å². The van der Waals surface area contributed by atoms with Gasteiger partial charge >= 0.3 is 11.9 Å². The summed E-state index contributed by atoms with van der Waals surface area (Å²) >= 11 is 0. The number of carbonyl (C=O) groups excluding carboxylic acids is 3. The first-order valence-electron chi connectivity index (χ1n) is 10.5. The largest absolute Gasteiger partial charge is 0.465 e. The summed E-state index contributed by atoms with van der Waals surface area (Å²) in [5.74, 6) is -4.26. The van der Waals surface area contributed by atoms with E-state index in [4.69, 9.17) is 9.47 Å². The van der Waals surface area contributed by atoms with Crippen LogP contribution in [0.1, 0.15) is 50.8 Å². The Morgan fingerprint density at radius 2 is 1.45 bits per heavy atom. The van der Waals surface area contributed by atoms with Crippen molar-refractivity contribution in [3.63, 3.8) is 0 Å². The van der Waals surface area contributed by atoms with Crippen molar-refractivity contribution in [2.24, 2.45) is 11.8 Å². The fourth-order valence-corrected chi connectivity index (χ4v) is 4.07. The van der Waals surface area contributed by atoms with Crippen molar-refractivity contribution in [2.45, 2.75) is 45.3 Å². The number of ether oxygens (including phenoxy) is 2. The molecule has 31 heavy (non-hydrogen) atoms. The summed E-state index contributed by atoms with van der Waals surface area (Å²) in [4.78, 5) is 39.5. The van der Waals surface area contributed by atoms with Gasteiger partial charge in [-0.25, -0.2) is 0 Å². The number of piperidine rings is 1. The van der Waals surface area contributed by atoms with Crippen molar-refractivity contribution >= 4 is 17.8 Å². The molecule has 6 nitrogen and oxygen atoms in total. The molecule has 1 fully saturated rings. The third kappa shape index (κ3) is 5.13. The Bertz CT molecular complexity index is 920. The number of hydrogen-bond acceptors (Lipinski definition) is 5. The molecule has 0 bridgehead atoms. The van der Waals surface area contributed by atoms with Crippen LogP contribution in [0.4, 0.5) is 0 Å². The summed E-state index contributed by atoms with van der Waals surface area (Å²) in [6, 6.07) is 17.8. The average Bonchev–Trinajstić information content (AvgIpc) is 2.73. The summed E-state index contributed by atoms with van der Waals surface area (Å²) in [6.07, 6.45) is 0. The van der Waals surface area contributed by atoms with Crippen LogP contribution in [-0.2, 0) is 23.9 Å². The third-order valence-corrected chi connectivity index (χ3v) is 5.25. The van der Waals surface area contributed by atoms with Crippen LogP contribution < -0.4 is 5.32 Å². The second-order valence-corrected chi connectivity index (χ2v) is 8.62. The summed E-state index contributed by atoms with van der Waals surface area (Å²) in [6.45, 7) is 7.22. The first-order chi connectivity index (χ1) is 14.7. The van der Waals surface area contributed by atoms with Gasteiger partial charge in [-0.2, -0.15) is 0 Å². The van der Waals surface area contributed by atoms with Gasteiger partial charge < -0.3 is 14.8 Å². The quantitative estimate of drug-likeness (QED) is 0.585. The third-order valence-electron chi connectivity index (χ3n) is 5.25. The second-order valence-electron chi connectivity index (χ2n) is 8.62. The number of esters is 2. The Hall–Kier alpha value is -3.15. The molecule has 1 aliphatic heterocycles. The van der Waals surface area contributed by atoms with Gasteiger partial charge in [0.05, 0.1) is 18.6 Å². The minimum Gasteiger partial charge on any atom is -0.465 e. The summed E-state index contributed by atoms with van der Waals surface area (Å²) in [5, 5.41) is 2.90. The standard InChI is InChI=1S/C25H29NO5/c1-5-30-23(28)20-18(16-12-8-6-9-13-16)19(24(29)31-25(2,3)4)21(26-22(20)27)17-14-10-7-11-15-17/h6-15,18-21H,5H2,1-4H3,(H,26,27)/t18-,19-,20+,21-/m0/s1. The number of rotatable bonds is 5. The second kappa shape index (κ2) is 9.33. The summed E-state index contributed by atoms with van der Waals surface area (Å²) < 4.78 is 11.0. The molecule has 4 atom stereocenters. The number of nitrogens with one attached hydrogen (secondary N) is 1. The Balaban J connectivity index is 2.16. The van der Waals surface area contributed by atoms with E-state index in [0.717, 1.165) is 5.56 Å². The van der Waals surface area contributed by atoms with E-state index in [1.807, 2.05) is 60.7 Å². The van der Waals surface area contributed by atoms with Gasteiger partial charge in [0, 0.05) is 5.92 Å². The summed E-state index contributed by atoms with van der Waals surface area (Å²) in [5.41, 5.74) is 0.766. The SMILES string of the molecule is CCOC(=O)[C@H]1C(=O)N[C@@H](c2ccccc2)[C@@H](C(=O)OC(C)(C)C)[C@@H]1c1ccccc1. The molecule has 2 aromatic rings. The lowest BCUT2D eigenvalue weighted by Crippen LogP contribution is -2.54. The minimum atomic E-state index is -1.15. The zero-order valence-corrected chi connectivity index (χ0v) is 18.3. The highest BCUT2D eigenvalue weighted by molar-refractivity contribution is 6.01. The number of benzene rings is 2. The lowest BCUT2D eigenvalue weighted by atomic mass is 9.69. The highest BCUT2D eigenvalue weighted by Crippen LogP contribution is 2.45. The van der Waals surface area contributed by atoms with E-state index < -0.39 is 47.2 Å². The van der Waals surface area contributed by atoms with Crippen LogP contribution in [0, 0.1) is 11.8 Å². The molecule has 0 saturated carbocycles. The Morgan fingerprint density at radius 1 is 0.903 bits per heavy atom. The molecule has 6 heteroatoms. The van der Waals surface area contributed by atoms with Crippen molar-refractivity contribution in [3.05, 3.63) is 71.8 Å². The topological polar surface area (TPSA) is 81.7 Å². The van der Waals surface area contributed by atoms with E-state index in [1.54, 1.807) is 27.7 Å². The van der Waals surface area contributed by atoms with Crippen LogP contribution in [0.3, 0.4) is 0 Å². The fraction of sp³-hybridized carbons (Fsp3) is 0.400. The normalized spacial score (nSPS) is 23.5. The van der Waals surface area contributed by atoms with Crippen LogP contribution in [0.25, 0.3) is 0 Å². The maximum Gasteiger partial charge on any atom is 0.319 e. The maximum absolute atomic E-state index is 13.5. The molecule has 0 aromatic heterocycles.